The quantitative estimate of drug-likeness (QED) is 0.902. The van der Waals surface area contributed by atoms with Crippen molar-refractivity contribution in [2.75, 3.05) is 6.54 Å². The van der Waals surface area contributed by atoms with Crippen molar-refractivity contribution in [3.63, 3.8) is 0 Å². The van der Waals surface area contributed by atoms with Gasteiger partial charge in [0.25, 0.3) is 0 Å². The largest absolute Gasteiger partial charge is 0.240 e. The van der Waals surface area contributed by atoms with E-state index in [1.165, 1.54) is 25.7 Å². The fourth-order valence-corrected chi connectivity index (χ4v) is 3.92. The number of halogens is 1. The van der Waals surface area contributed by atoms with Crippen molar-refractivity contribution in [2.24, 2.45) is 11.3 Å². The maximum atomic E-state index is 12.1. The number of sulfonamides is 1. The molecule has 3 rings (SSSR count). The molecule has 0 heterocycles. The van der Waals surface area contributed by atoms with Crippen LogP contribution in [0.2, 0.25) is 0 Å². The minimum Gasteiger partial charge on any atom is -0.211 e. The number of hydrogen-bond acceptors (Lipinski definition) is 2. The molecule has 2 fully saturated rings. The number of nitrogens with one attached hydrogen (secondary N) is 1. The van der Waals surface area contributed by atoms with Crippen LogP contribution in [0.4, 0.5) is 0 Å². The van der Waals surface area contributed by atoms with Crippen molar-refractivity contribution in [1.82, 2.24) is 4.72 Å². The zero-order valence-corrected chi connectivity index (χ0v) is 12.4. The van der Waals surface area contributed by atoms with Gasteiger partial charge in [-0.15, -0.1) is 0 Å². The van der Waals surface area contributed by atoms with Crippen LogP contribution in [0.3, 0.4) is 0 Å². The third kappa shape index (κ3) is 2.49. The minimum atomic E-state index is -3.35. The second-order valence-corrected chi connectivity index (χ2v) is 8.10. The fraction of sp³-hybridized carbons (Fsp3) is 0.538. The van der Waals surface area contributed by atoms with E-state index in [2.05, 4.69) is 20.7 Å². The molecule has 0 aliphatic heterocycles. The molecule has 2 aliphatic rings. The first kappa shape index (κ1) is 12.6. The molecule has 2 saturated carbocycles. The van der Waals surface area contributed by atoms with Crippen molar-refractivity contribution in [3.05, 3.63) is 28.7 Å². The molecule has 3 nitrogen and oxygen atoms in total. The molecule has 1 aromatic rings. The van der Waals surface area contributed by atoms with E-state index in [1.807, 2.05) is 0 Å². The first-order valence-electron chi connectivity index (χ1n) is 6.27. The molecule has 1 aromatic carbocycles. The Kier molecular flexibility index (Phi) is 3.03. The van der Waals surface area contributed by atoms with Gasteiger partial charge in [-0.25, -0.2) is 13.1 Å². The predicted octanol–water partition coefficient (Wildman–Crippen LogP) is 2.92. The third-order valence-corrected chi connectivity index (χ3v) is 6.02. The summed E-state index contributed by atoms with van der Waals surface area (Å²) >= 11 is 3.31. The number of benzene rings is 1. The normalized spacial score (nSPS) is 21.8. The zero-order chi connectivity index (χ0) is 12.8. The van der Waals surface area contributed by atoms with Gasteiger partial charge in [0.15, 0.2) is 0 Å². The summed E-state index contributed by atoms with van der Waals surface area (Å²) < 4.78 is 27.9. The Balaban J connectivity index is 1.69. The van der Waals surface area contributed by atoms with Crippen molar-refractivity contribution < 1.29 is 8.42 Å². The smallest absolute Gasteiger partial charge is 0.211 e. The van der Waals surface area contributed by atoms with Crippen LogP contribution < -0.4 is 4.72 Å². The summed E-state index contributed by atoms with van der Waals surface area (Å²) in [5.41, 5.74) is 0.294. The summed E-state index contributed by atoms with van der Waals surface area (Å²) in [6.45, 7) is 0.607. The molecule has 0 saturated heterocycles. The van der Waals surface area contributed by atoms with Gasteiger partial charge >= 0.3 is 0 Å². The van der Waals surface area contributed by atoms with E-state index in [-0.39, 0.29) is 0 Å². The average molecular weight is 330 g/mol. The molecule has 5 heteroatoms. The Bertz CT molecular complexity index is 545. The van der Waals surface area contributed by atoms with Crippen LogP contribution in [-0.2, 0) is 10.0 Å². The summed E-state index contributed by atoms with van der Waals surface area (Å²) in [6, 6.07) is 6.76. The first-order valence-corrected chi connectivity index (χ1v) is 8.55. The van der Waals surface area contributed by atoms with Crippen LogP contribution in [0.25, 0.3) is 0 Å². The number of rotatable bonds is 5. The summed E-state index contributed by atoms with van der Waals surface area (Å²) in [4.78, 5) is 0.345. The van der Waals surface area contributed by atoms with Crippen LogP contribution in [-0.4, -0.2) is 15.0 Å². The Labute approximate surface area is 116 Å². The maximum absolute atomic E-state index is 12.1. The molecule has 0 radical (unpaired) electrons. The monoisotopic (exact) mass is 329 g/mol. The van der Waals surface area contributed by atoms with Gasteiger partial charge in [0.05, 0.1) is 4.90 Å². The van der Waals surface area contributed by atoms with E-state index >= 15 is 0 Å². The zero-order valence-electron chi connectivity index (χ0n) is 10.0. The Morgan fingerprint density at radius 1 is 1.22 bits per heavy atom. The van der Waals surface area contributed by atoms with E-state index in [9.17, 15) is 8.42 Å². The lowest BCUT2D eigenvalue weighted by Crippen LogP contribution is -2.31. The fourth-order valence-electron chi connectivity index (χ4n) is 2.52. The van der Waals surface area contributed by atoms with Gasteiger partial charge in [0.1, 0.15) is 0 Å². The Hall–Kier alpha value is -0.390. The van der Waals surface area contributed by atoms with Crippen LogP contribution >= 0.6 is 15.9 Å². The molecular formula is C13H16BrNO2S. The van der Waals surface area contributed by atoms with Crippen LogP contribution in [0.5, 0.6) is 0 Å². The van der Waals surface area contributed by atoms with Crippen LogP contribution in [0.1, 0.15) is 25.7 Å². The highest BCUT2D eigenvalue weighted by atomic mass is 79.9. The SMILES string of the molecule is O=S(=O)(NCC1(C2CC2)CC1)c1ccc(Br)cc1. The Morgan fingerprint density at radius 2 is 1.83 bits per heavy atom. The van der Waals surface area contributed by atoms with E-state index in [0.717, 1.165) is 10.4 Å². The van der Waals surface area contributed by atoms with E-state index < -0.39 is 10.0 Å². The first-order chi connectivity index (χ1) is 8.52. The third-order valence-electron chi connectivity index (χ3n) is 4.07. The van der Waals surface area contributed by atoms with Gasteiger partial charge < -0.3 is 0 Å². The predicted molar refractivity (Wildman–Crippen MR) is 73.7 cm³/mol. The van der Waals surface area contributed by atoms with Crippen molar-refractivity contribution in [3.8, 4) is 0 Å². The molecule has 1 N–H and O–H groups in total. The molecular weight excluding hydrogens is 314 g/mol. The highest BCUT2D eigenvalue weighted by Crippen LogP contribution is 2.60. The van der Waals surface area contributed by atoms with Crippen molar-refractivity contribution in [1.29, 1.82) is 0 Å². The van der Waals surface area contributed by atoms with E-state index in [0.29, 0.717) is 16.9 Å². The van der Waals surface area contributed by atoms with Gasteiger partial charge in [-0.2, -0.15) is 0 Å². The lowest BCUT2D eigenvalue weighted by Gasteiger charge is -2.15. The van der Waals surface area contributed by atoms with E-state index in [4.69, 9.17) is 0 Å². The van der Waals surface area contributed by atoms with Crippen molar-refractivity contribution >= 4 is 26.0 Å². The average Bonchev–Trinajstić information content (AvgIpc) is 3.19. The van der Waals surface area contributed by atoms with Gasteiger partial charge in [-0.1, -0.05) is 15.9 Å². The lowest BCUT2D eigenvalue weighted by molar-refractivity contribution is 0.432. The molecule has 0 spiro atoms. The van der Waals surface area contributed by atoms with Gasteiger partial charge in [-0.05, 0) is 61.3 Å². The topological polar surface area (TPSA) is 46.2 Å². The second-order valence-electron chi connectivity index (χ2n) is 5.42. The lowest BCUT2D eigenvalue weighted by atomic mass is 10.0. The molecule has 2 aliphatic carbocycles. The summed E-state index contributed by atoms with van der Waals surface area (Å²) in [7, 11) is -3.35. The van der Waals surface area contributed by atoms with Crippen LogP contribution in [0, 0.1) is 11.3 Å². The molecule has 0 aromatic heterocycles. The molecule has 0 amide bonds. The van der Waals surface area contributed by atoms with Crippen molar-refractivity contribution in [2.45, 2.75) is 30.6 Å². The Morgan fingerprint density at radius 3 is 2.33 bits per heavy atom. The van der Waals surface area contributed by atoms with Gasteiger partial charge in [0.2, 0.25) is 10.0 Å². The maximum Gasteiger partial charge on any atom is 0.240 e. The summed E-state index contributed by atoms with van der Waals surface area (Å²) in [5, 5.41) is 0. The highest BCUT2D eigenvalue weighted by Gasteiger charge is 2.53. The number of hydrogen-bond donors (Lipinski definition) is 1. The van der Waals surface area contributed by atoms with Gasteiger partial charge in [0, 0.05) is 11.0 Å². The second kappa shape index (κ2) is 4.32. The minimum absolute atomic E-state index is 0.294. The highest BCUT2D eigenvalue weighted by molar-refractivity contribution is 9.10. The molecule has 0 atom stereocenters. The molecule has 18 heavy (non-hydrogen) atoms. The van der Waals surface area contributed by atoms with Gasteiger partial charge in [-0.3, -0.25) is 0 Å². The summed E-state index contributed by atoms with van der Waals surface area (Å²) in [6.07, 6.45) is 4.92. The molecule has 98 valence electrons. The summed E-state index contributed by atoms with van der Waals surface area (Å²) in [5.74, 6) is 0.769. The standard InChI is InChI=1S/C13H16BrNO2S/c14-11-3-5-12(6-4-11)18(16,17)15-9-13(7-8-13)10-1-2-10/h3-6,10,15H,1-2,7-9H2. The molecule has 0 unspecified atom stereocenters. The molecule has 0 bridgehead atoms. The van der Waals surface area contributed by atoms with E-state index in [1.54, 1.807) is 24.3 Å². The van der Waals surface area contributed by atoms with Crippen LogP contribution in [0.15, 0.2) is 33.6 Å².